The number of allylic oxidation sites excluding steroid dienone is 1. The van der Waals surface area contributed by atoms with Crippen molar-refractivity contribution in [2.24, 2.45) is 0 Å². The summed E-state index contributed by atoms with van der Waals surface area (Å²) in [5, 5.41) is 3.80. The van der Waals surface area contributed by atoms with Crippen LogP contribution in [-0.2, 0) is 9.59 Å². The van der Waals surface area contributed by atoms with Gasteiger partial charge in [0.2, 0.25) is 11.1 Å². The standard InChI is InChI=1S/C27H28ClN7O2.C18H15ClN6O.C9H14ClNO/c1-32(19-5-3-6-19)16-4-7-23(36)33(2)20-12-14-22(15-13-20)35-26-24(25(29)30-17-31-26)34(27(35)37)21-10-8-18(28)9-11-21;1-21-12-4-8-14(9-5-12)25-17-15(16(20)22-10-23-17)24(18(25)26)13-6-2-11(19)3-7-13;1-11(8-4-2-5-8)7-3-6-9(10)12/h4,7-15,17,19H,3,5-6,16H2,1-2H3,(H2,29,30,31);2-10,21H,1H3,(H2,20,22,23);3,6,8H,2,4-5,7H2,1H3/b7-4+;;6-3+. The van der Waals surface area contributed by atoms with Crippen LogP contribution in [-0.4, -0.2) is 113 Å². The van der Waals surface area contributed by atoms with Crippen molar-refractivity contribution in [1.29, 1.82) is 0 Å². The van der Waals surface area contributed by atoms with E-state index in [-0.39, 0.29) is 28.9 Å². The van der Waals surface area contributed by atoms with Crippen molar-refractivity contribution in [3.63, 3.8) is 0 Å². The van der Waals surface area contributed by atoms with Gasteiger partial charge in [0.15, 0.2) is 22.9 Å². The number of carbonyl (C=O) groups is 2. The Hall–Kier alpha value is -7.61. The molecular weight excluding hydrogens is 1020 g/mol. The number of hydrogen-bond donors (Lipinski definition) is 3. The van der Waals surface area contributed by atoms with Crippen LogP contribution in [0.2, 0.25) is 10.0 Å². The summed E-state index contributed by atoms with van der Waals surface area (Å²) in [6.07, 6.45) is 17.1. The summed E-state index contributed by atoms with van der Waals surface area (Å²) in [7, 11) is 7.73. The Balaban J connectivity index is 0.000000170. The molecule has 2 aliphatic carbocycles. The average molecular weight is 1070 g/mol. The number of imidazole rings is 2. The molecule has 75 heavy (non-hydrogen) atoms. The molecule has 0 bridgehead atoms. The average Bonchev–Trinajstić information content (AvgIpc) is 3.86. The van der Waals surface area contributed by atoms with Crippen molar-refractivity contribution in [3.05, 3.63) is 165 Å². The molecule has 4 aromatic carbocycles. The molecule has 2 aliphatic rings. The first-order valence-electron chi connectivity index (χ1n) is 24.2. The van der Waals surface area contributed by atoms with Crippen LogP contribution in [0.3, 0.4) is 0 Å². The smallest absolute Gasteiger partial charge is 0.339 e. The highest BCUT2D eigenvalue weighted by atomic mass is 35.5. The van der Waals surface area contributed by atoms with Gasteiger partial charge in [-0.3, -0.25) is 28.5 Å². The number of hydrogen-bond acceptors (Lipinski definition) is 13. The first-order valence-corrected chi connectivity index (χ1v) is 25.4. The number of carbonyl (C=O) groups excluding carboxylic acids is 2. The highest BCUT2D eigenvalue weighted by Gasteiger charge is 2.24. The second-order valence-electron chi connectivity index (χ2n) is 18.1. The van der Waals surface area contributed by atoms with Gasteiger partial charge in [0.05, 0.1) is 22.7 Å². The third-order valence-corrected chi connectivity index (χ3v) is 14.0. The third-order valence-electron chi connectivity index (χ3n) is 13.4. The molecule has 0 saturated heterocycles. The Morgan fingerprint density at radius 2 is 0.987 bits per heavy atom. The number of nitrogen functional groups attached to an aromatic ring is 2. The topological polar surface area (TPSA) is 213 Å². The zero-order valence-corrected chi connectivity index (χ0v) is 44.1. The summed E-state index contributed by atoms with van der Waals surface area (Å²) < 4.78 is 5.95. The maximum absolute atomic E-state index is 13.6. The highest BCUT2D eigenvalue weighted by Crippen LogP contribution is 2.28. The van der Waals surface area contributed by atoms with E-state index >= 15 is 0 Å². The molecule has 4 aromatic heterocycles. The molecule has 0 aliphatic heterocycles. The molecule has 0 atom stereocenters. The normalized spacial score (nSPS) is 13.7. The summed E-state index contributed by atoms with van der Waals surface area (Å²) in [6.45, 7) is 1.57. The van der Waals surface area contributed by atoms with Crippen molar-refractivity contribution in [2.75, 3.05) is 63.0 Å². The lowest BCUT2D eigenvalue weighted by atomic mass is 9.92. The molecule has 8 aromatic rings. The van der Waals surface area contributed by atoms with Crippen LogP contribution >= 0.6 is 34.8 Å². The third kappa shape index (κ3) is 12.2. The maximum atomic E-state index is 13.6. The summed E-state index contributed by atoms with van der Waals surface area (Å²) >= 11 is 17.2. The molecule has 4 heterocycles. The molecule has 2 saturated carbocycles. The fourth-order valence-corrected chi connectivity index (χ4v) is 8.99. The summed E-state index contributed by atoms with van der Waals surface area (Å²) in [5.41, 5.74) is 17.4. The van der Waals surface area contributed by atoms with Gasteiger partial charge < -0.3 is 21.7 Å². The molecule has 0 spiro atoms. The van der Waals surface area contributed by atoms with Gasteiger partial charge in [-0.2, -0.15) is 0 Å². The lowest BCUT2D eigenvalue weighted by Gasteiger charge is -2.33. The number of fused-ring (bicyclic) bond motifs is 2. The molecule has 0 unspecified atom stereocenters. The molecule has 1 amide bonds. The van der Waals surface area contributed by atoms with Gasteiger partial charge in [-0.05, 0) is 155 Å². The van der Waals surface area contributed by atoms with Gasteiger partial charge in [-0.25, -0.2) is 38.7 Å². The summed E-state index contributed by atoms with van der Waals surface area (Å²) in [6, 6.07) is 29.8. The minimum Gasteiger partial charge on any atom is -0.388 e. The van der Waals surface area contributed by atoms with E-state index in [0.717, 1.165) is 24.8 Å². The predicted molar refractivity (Wildman–Crippen MR) is 300 cm³/mol. The van der Waals surface area contributed by atoms with Crippen LogP contribution in [0.15, 0.2) is 144 Å². The molecule has 21 heteroatoms. The quantitative estimate of drug-likeness (QED) is 0.0690. The summed E-state index contributed by atoms with van der Waals surface area (Å²) in [4.78, 5) is 72.7. The minimum absolute atomic E-state index is 0.119. The molecular formula is C54H57Cl3N14O4. The number of benzene rings is 4. The number of nitrogens with zero attached hydrogens (tertiary/aromatic N) is 11. The Kier molecular flexibility index (Phi) is 17.3. The SMILES string of the molecule is CN(C(=O)/C=C/CN(C)C1CCC1)c1ccc(-n2c(=O)n(-c3ccc(Cl)cc3)c3c(N)ncnc32)cc1.CN(C/C=C/C(=O)Cl)C1CCC1.CNc1ccc(-n2c(=O)n(-c3ccc(Cl)cc3)c3c(N)ncnc32)cc1. The molecule has 388 valence electrons. The Labute approximate surface area is 448 Å². The van der Waals surface area contributed by atoms with E-state index < -0.39 is 5.24 Å². The zero-order valence-electron chi connectivity index (χ0n) is 41.9. The van der Waals surface area contributed by atoms with E-state index in [4.69, 9.17) is 46.3 Å². The predicted octanol–water partition coefficient (Wildman–Crippen LogP) is 8.45. The lowest BCUT2D eigenvalue weighted by molar-refractivity contribution is -0.114. The number of anilines is 4. The second kappa shape index (κ2) is 24.2. The van der Waals surface area contributed by atoms with E-state index in [2.05, 4.69) is 49.1 Å². The number of aromatic nitrogens is 8. The van der Waals surface area contributed by atoms with Gasteiger partial charge in [0.25, 0.3) is 0 Å². The summed E-state index contributed by atoms with van der Waals surface area (Å²) in [5.74, 6) is 0.298. The highest BCUT2D eigenvalue weighted by molar-refractivity contribution is 6.66. The minimum atomic E-state index is -0.392. The van der Waals surface area contributed by atoms with E-state index in [0.29, 0.717) is 66.9 Å². The molecule has 18 nitrogen and oxygen atoms in total. The number of halogens is 3. The van der Waals surface area contributed by atoms with Crippen molar-refractivity contribution >= 4 is 91.3 Å². The zero-order chi connectivity index (χ0) is 53.3. The Morgan fingerprint density at radius 3 is 1.37 bits per heavy atom. The Bertz CT molecular complexity index is 3470. The molecule has 5 N–H and O–H groups in total. The van der Waals surface area contributed by atoms with E-state index in [9.17, 15) is 19.2 Å². The first-order chi connectivity index (χ1) is 36.1. The molecule has 2 fully saturated rings. The van der Waals surface area contributed by atoms with Crippen LogP contribution in [0.1, 0.15) is 38.5 Å². The fourth-order valence-electron chi connectivity index (χ4n) is 8.64. The number of likely N-dealkylation sites (N-methyl/N-ethyl adjacent to an activating group) is 3. The number of nitrogens with two attached hydrogens (primary N) is 2. The van der Waals surface area contributed by atoms with Crippen molar-refractivity contribution < 1.29 is 9.59 Å². The number of rotatable bonds is 14. The second-order valence-corrected chi connectivity index (χ2v) is 19.3. The van der Waals surface area contributed by atoms with Gasteiger partial charge in [-0.1, -0.05) is 48.2 Å². The van der Waals surface area contributed by atoms with Crippen molar-refractivity contribution in [3.8, 4) is 22.7 Å². The monoisotopic (exact) mass is 1070 g/mol. The van der Waals surface area contributed by atoms with Gasteiger partial charge in [0.1, 0.15) is 23.7 Å². The van der Waals surface area contributed by atoms with E-state index in [1.165, 1.54) is 75.5 Å². The van der Waals surface area contributed by atoms with Crippen molar-refractivity contribution in [1.82, 2.24) is 48.0 Å². The number of amides is 1. The van der Waals surface area contributed by atoms with Crippen LogP contribution in [0.4, 0.5) is 23.0 Å². The molecule has 0 radical (unpaired) electrons. The van der Waals surface area contributed by atoms with E-state index in [1.807, 2.05) is 43.5 Å². The van der Waals surface area contributed by atoms with Crippen LogP contribution in [0.25, 0.3) is 45.1 Å². The largest absolute Gasteiger partial charge is 0.388 e. The Morgan fingerprint density at radius 1 is 0.600 bits per heavy atom. The van der Waals surface area contributed by atoms with Crippen LogP contribution < -0.4 is 33.1 Å². The van der Waals surface area contributed by atoms with Crippen molar-refractivity contribution in [2.45, 2.75) is 50.6 Å². The maximum Gasteiger partial charge on any atom is 0.339 e. The van der Waals surface area contributed by atoms with Crippen LogP contribution in [0.5, 0.6) is 0 Å². The number of nitrogens with one attached hydrogen (secondary N) is 1. The van der Waals surface area contributed by atoms with Gasteiger partial charge in [0, 0.05) is 66.8 Å². The van der Waals surface area contributed by atoms with Crippen LogP contribution in [0, 0.1) is 0 Å². The lowest BCUT2D eigenvalue weighted by Crippen LogP contribution is -2.37. The van der Waals surface area contributed by atoms with Gasteiger partial charge >= 0.3 is 11.4 Å². The van der Waals surface area contributed by atoms with E-state index in [1.54, 1.807) is 90.8 Å². The first kappa shape index (κ1) is 53.7. The fraction of sp³-hybridized carbons (Fsp3) is 0.259. The molecule has 10 rings (SSSR count). The van der Waals surface area contributed by atoms with Gasteiger partial charge in [-0.15, -0.1) is 0 Å².